The fraction of sp³-hybridized carbons (Fsp3) is 0.308. The van der Waals surface area contributed by atoms with Gasteiger partial charge in [-0.2, -0.15) is 5.10 Å². The molecule has 2 aromatic rings. The lowest BCUT2D eigenvalue weighted by molar-refractivity contribution is 0.300. The van der Waals surface area contributed by atoms with Crippen molar-refractivity contribution in [3.05, 3.63) is 46.2 Å². The van der Waals surface area contributed by atoms with Crippen molar-refractivity contribution in [2.75, 3.05) is 0 Å². The first-order chi connectivity index (χ1) is 8.06. The van der Waals surface area contributed by atoms with E-state index in [1.807, 2.05) is 49.8 Å². The van der Waals surface area contributed by atoms with Crippen molar-refractivity contribution in [2.45, 2.75) is 20.5 Å². The highest BCUT2D eigenvalue weighted by molar-refractivity contribution is 6.31. The van der Waals surface area contributed by atoms with Crippen molar-refractivity contribution in [1.82, 2.24) is 9.78 Å². The molecule has 90 valence electrons. The van der Waals surface area contributed by atoms with E-state index in [-0.39, 0.29) is 0 Å². The first-order valence-corrected chi connectivity index (χ1v) is 5.82. The SMILES string of the molecule is Cc1cc(OCc2cc(C)n(C)n2)ccc1Cl. The van der Waals surface area contributed by atoms with Crippen molar-refractivity contribution in [3.63, 3.8) is 0 Å². The maximum Gasteiger partial charge on any atom is 0.132 e. The van der Waals surface area contributed by atoms with Gasteiger partial charge in [-0.1, -0.05) is 11.6 Å². The first kappa shape index (κ1) is 12.0. The van der Waals surface area contributed by atoms with Gasteiger partial charge in [0, 0.05) is 17.8 Å². The molecule has 1 aromatic carbocycles. The second-order valence-electron chi connectivity index (χ2n) is 4.10. The van der Waals surface area contributed by atoms with Gasteiger partial charge in [0.25, 0.3) is 0 Å². The summed E-state index contributed by atoms with van der Waals surface area (Å²) in [5, 5.41) is 5.09. The Morgan fingerprint density at radius 1 is 1.29 bits per heavy atom. The van der Waals surface area contributed by atoms with Gasteiger partial charge >= 0.3 is 0 Å². The average Bonchev–Trinajstić information content (AvgIpc) is 2.60. The molecule has 0 aliphatic heterocycles. The zero-order valence-corrected chi connectivity index (χ0v) is 11.0. The molecule has 2 rings (SSSR count). The van der Waals surface area contributed by atoms with Crippen molar-refractivity contribution in [2.24, 2.45) is 7.05 Å². The van der Waals surface area contributed by atoms with Crippen molar-refractivity contribution in [3.8, 4) is 5.75 Å². The molecule has 4 heteroatoms. The number of aromatic nitrogens is 2. The molecule has 0 atom stereocenters. The van der Waals surface area contributed by atoms with Gasteiger partial charge in [-0.25, -0.2) is 0 Å². The van der Waals surface area contributed by atoms with Crippen LogP contribution in [0.15, 0.2) is 24.3 Å². The maximum atomic E-state index is 5.95. The summed E-state index contributed by atoms with van der Waals surface area (Å²) >= 11 is 5.95. The van der Waals surface area contributed by atoms with Crippen LogP contribution in [0.25, 0.3) is 0 Å². The normalized spacial score (nSPS) is 10.6. The van der Waals surface area contributed by atoms with Gasteiger partial charge in [0.05, 0.1) is 0 Å². The number of hydrogen-bond acceptors (Lipinski definition) is 2. The predicted molar refractivity (Wildman–Crippen MR) is 68.5 cm³/mol. The Bertz CT molecular complexity index is 515. The van der Waals surface area contributed by atoms with Gasteiger partial charge in [0.1, 0.15) is 18.1 Å². The van der Waals surface area contributed by atoms with E-state index in [2.05, 4.69) is 5.10 Å². The van der Waals surface area contributed by atoms with Crippen LogP contribution in [-0.4, -0.2) is 9.78 Å². The molecular formula is C13H15ClN2O. The second-order valence-corrected chi connectivity index (χ2v) is 4.51. The highest BCUT2D eigenvalue weighted by Gasteiger charge is 2.03. The average molecular weight is 251 g/mol. The number of halogens is 1. The molecule has 0 spiro atoms. The van der Waals surface area contributed by atoms with Crippen molar-refractivity contribution < 1.29 is 4.74 Å². The molecule has 0 saturated heterocycles. The standard InChI is InChI=1S/C13H15ClN2O/c1-9-6-12(4-5-13(9)14)17-8-11-7-10(2)16(3)15-11/h4-7H,8H2,1-3H3. The van der Waals surface area contributed by atoms with E-state index in [4.69, 9.17) is 16.3 Å². The number of hydrogen-bond donors (Lipinski definition) is 0. The number of ether oxygens (including phenoxy) is 1. The Morgan fingerprint density at radius 3 is 2.65 bits per heavy atom. The summed E-state index contributed by atoms with van der Waals surface area (Å²) in [4.78, 5) is 0. The number of nitrogens with zero attached hydrogens (tertiary/aromatic N) is 2. The van der Waals surface area contributed by atoms with Crippen LogP contribution >= 0.6 is 11.6 Å². The van der Waals surface area contributed by atoms with E-state index in [1.165, 1.54) is 0 Å². The smallest absolute Gasteiger partial charge is 0.132 e. The van der Waals surface area contributed by atoms with E-state index < -0.39 is 0 Å². The molecule has 0 radical (unpaired) electrons. The van der Waals surface area contributed by atoms with Crippen LogP contribution in [0, 0.1) is 13.8 Å². The van der Waals surface area contributed by atoms with E-state index in [1.54, 1.807) is 0 Å². The summed E-state index contributed by atoms with van der Waals surface area (Å²) in [7, 11) is 1.92. The molecule has 17 heavy (non-hydrogen) atoms. The van der Waals surface area contributed by atoms with E-state index in [0.29, 0.717) is 6.61 Å². The Balaban J connectivity index is 2.04. The molecule has 3 nitrogen and oxygen atoms in total. The van der Waals surface area contributed by atoms with Crippen LogP contribution in [0.1, 0.15) is 17.0 Å². The van der Waals surface area contributed by atoms with E-state index in [0.717, 1.165) is 27.7 Å². The zero-order valence-electron chi connectivity index (χ0n) is 10.2. The molecule has 0 fully saturated rings. The van der Waals surface area contributed by atoms with Crippen LogP contribution in [0.2, 0.25) is 5.02 Å². The largest absolute Gasteiger partial charge is 0.487 e. The predicted octanol–water partition coefficient (Wildman–Crippen LogP) is 3.27. The van der Waals surface area contributed by atoms with Crippen LogP contribution in [0.5, 0.6) is 5.75 Å². The topological polar surface area (TPSA) is 27.1 Å². The van der Waals surface area contributed by atoms with E-state index >= 15 is 0 Å². The molecule has 0 aliphatic rings. The van der Waals surface area contributed by atoms with Gasteiger partial charge in [0.2, 0.25) is 0 Å². The molecule has 1 aromatic heterocycles. The molecule has 0 saturated carbocycles. The third-order valence-electron chi connectivity index (χ3n) is 2.68. The van der Waals surface area contributed by atoms with Crippen LogP contribution < -0.4 is 4.74 Å². The summed E-state index contributed by atoms with van der Waals surface area (Å²) in [6, 6.07) is 7.65. The van der Waals surface area contributed by atoms with Crippen LogP contribution in [0.3, 0.4) is 0 Å². The van der Waals surface area contributed by atoms with Crippen molar-refractivity contribution >= 4 is 11.6 Å². The highest BCUT2D eigenvalue weighted by Crippen LogP contribution is 2.21. The first-order valence-electron chi connectivity index (χ1n) is 5.45. The lowest BCUT2D eigenvalue weighted by Gasteiger charge is -2.05. The van der Waals surface area contributed by atoms with Crippen molar-refractivity contribution in [1.29, 1.82) is 0 Å². The molecule has 0 amide bonds. The van der Waals surface area contributed by atoms with Gasteiger partial charge < -0.3 is 4.74 Å². The van der Waals surface area contributed by atoms with Gasteiger partial charge in [0.15, 0.2) is 0 Å². The second kappa shape index (κ2) is 4.80. The van der Waals surface area contributed by atoms with Gasteiger partial charge in [-0.15, -0.1) is 0 Å². The fourth-order valence-electron chi connectivity index (χ4n) is 1.57. The molecule has 1 heterocycles. The highest BCUT2D eigenvalue weighted by atomic mass is 35.5. The summed E-state index contributed by atoms with van der Waals surface area (Å²) < 4.78 is 7.50. The van der Waals surface area contributed by atoms with E-state index in [9.17, 15) is 0 Å². The molecule has 0 N–H and O–H groups in total. The third-order valence-corrected chi connectivity index (χ3v) is 3.10. The number of rotatable bonds is 3. The molecule has 0 unspecified atom stereocenters. The Hall–Kier alpha value is -1.48. The maximum absolute atomic E-state index is 5.95. The van der Waals surface area contributed by atoms with Gasteiger partial charge in [-0.3, -0.25) is 4.68 Å². The summed E-state index contributed by atoms with van der Waals surface area (Å²) in [5.74, 6) is 0.815. The molecule has 0 bridgehead atoms. The Morgan fingerprint density at radius 2 is 2.06 bits per heavy atom. The lowest BCUT2D eigenvalue weighted by atomic mass is 10.2. The lowest BCUT2D eigenvalue weighted by Crippen LogP contribution is -1.98. The van der Waals surface area contributed by atoms with Crippen LogP contribution in [0.4, 0.5) is 0 Å². The summed E-state index contributed by atoms with van der Waals surface area (Å²) in [6.07, 6.45) is 0. The fourth-order valence-corrected chi connectivity index (χ4v) is 1.69. The molecule has 0 aliphatic carbocycles. The Labute approximate surface area is 106 Å². The van der Waals surface area contributed by atoms with Crippen LogP contribution in [-0.2, 0) is 13.7 Å². The summed E-state index contributed by atoms with van der Waals surface area (Å²) in [5.41, 5.74) is 3.06. The molecular weight excluding hydrogens is 236 g/mol. The minimum absolute atomic E-state index is 0.475. The third kappa shape index (κ3) is 2.80. The quantitative estimate of drug-likeness (QED) is 0.836. The monoisotopic (exact) mass is 250 g/mol. The minimum atomic E-state index is 0.475. The number of benzene rings is 1. The van der Waals surface area contributed by atoms with Gasteiger partial charge in [-0.05, 0) is 43.7 Å². The minimum Gasteiger partial charge on any atom is -0.487 e. The number of aryl methyl sites for hydroxylation is 3. The Kier molecular flexibility index (Phi) is 3.38. The summed E-state index contributed by atoms with van der Waals surface area (Å²) in [6.45, 7) is 4.45. The zero-order chi connectivity index (χ0) is 12.4.